The van der Waals surface area contributed by atoms with E-state index in [1.165, 1.54) is 116 Å². The Bertz CT molecular complexity index is 645. The Labute approximate surface area is 254 Å². The number of aliphatic hydroxyl groups excluding tert-OH is 3. The minimum atomic E-state index is -1.20. The quantitative estimate of drug-likeness (QED) is 0.0507. The van der Waals surface area contributed by atoms with E-state index in [1.807, 2.05) is 12.2 Å². The van der Waals surface area contributed by atoms with E-state index in [0.29, 0.717) is 0 Å². The van der Waals surface area contributed by atoms with E-state index < -0.39 is 24.2 Å². The molecule has 0 saturated heterocycles. The highest BCUT2D eigenvalue weighted by Crippen LogP contribution is 2.13. The van der Waals surface area contributed by atoms with Gasteiger partial charge in [0, 0.05) is 6.42 Å². The molecule has 0 rings (SSSR count). The molecule has 1 amide bonds. The fourth-order valence-electron chi connectivity index (χ4n) is 4.93. The van der Waals surface area contributed by atoms with Crippen molar-refractivity contribution in [1.29, 1.82) is 0 Å². The van der Waals surface area contributed by atoms with Gasteiger partial charge in [-0.05, 0) is 32.1 Å². The van der Waals surface area contributed by atoms with Crippen LogP contribution in [0.2, 0.25) is 0 Å². The molecular formula is C36H67NO4. The molecule has 0 heterocycles. The van der Waals surface area contributed by atoms with Gasteiger partial charge < -0.3 is 20.6 Å². The average molecular weight is 578 g/mol. The van der Waals surface area contributed by atoms with Crippen LogP contribution < -0.4 is 5.32 Å². The van der Waals surface area contributed by atoms with Crippen molar-refractivity contribution in [2.75, 3.05) is 6.61 Å². The molecule has 0 bridgehead atoms. The minimum absolute atomic E-state index is 0.209. The first-order valence-corrected chi connectivity index (χ1v) is 17.3. The third kappa shape index (κ3) is 27.2. The molecule has 0 radical (unpaired) electrons. The van der Waals surface area contributed by atoms with Gasteiger partial charge in [-0.2, -0.15) is 0 Å². The van der Waals surface area contributed by atoms with Gasteiger partial charge in [-0.3, -0.25) is 4.79 Å². The Balaban J connectivity index is 3.87. The Kier molecular flexibility index (Phi) is 30.4. The molecule has 240 valence electrons. The van der Waals surface area contributed by atoms with Crippen LogP contribution >= 0.6 is 0 Å². The third-order valence-electron chi connectivity index (χ3n) is 7.74. The van der Waals surface area contributed by atoms with E-state index in [2.05, 4.69) is 31.3 Å². The molecule has 0 aliphatic carbocycles. The summed E-state index contributed by atoms with van der Waals surface area (Å²) in [5, 5.41) is 32.7. The van der Waals surface area contributed by atoms with Crippen molar-refractivity contribution in [1.82, 2.24) is 5.32 Å². The average Bonchev–Trinajstić information content (AvgIpc) is 2.98. The van der Waals surface area contributed by atoms with Gasteiger partial charge in [0.15, 0.2) is 0 Å². The largest absolute Gasteiger partial charge is 0.394 e. The van der Waals surface area contributed by atoms with E-state index in [9.17, 15) is 20.1 Å². The first-order valence-electron chi connectivity index (χ1n) is 17.3. The number of allylic oxidation sites excluding steroid dienone is 4. The van der Waals surface area contributed by atoms with Crippen molar-refractivity contribution >= 4 is 5.91 Å². The summed E-state index contributed by atoms with van der Waals surface area (Å²) in [5.74, 6) is -0.573. The van der Waals surface area contributed by atoms with Crippen molar-refractivity contribution in [3.05, 3.63) is 36.5 Å². The summed E-state index contributed by atoms with van der Waals surface area (Å²) < 4.78 is 0. The minimum Gasteiger partial charge on any atom is -0.394 e. The molecule has 5 heteroatoms. The van der Waals surface area contributed by atoms with Crippen molar-refractivity contribution in [3.63, 3.8) is 0 Å². The molecule has 0 aromatic heterocycles. The maximum absolute atomic E-state index is 12.3. The Morgan fingerprint density at radius 3 is 1.54 bits per heavy atom. The van der Waals surface area contributed by atoms with Gasteiger partial charge in [0.2, 0.25) is 5.91 Å². The number of amides is 1. The van der Waals surface area contributed by atoms with Crippen LogP contribution in [-0.4, -0.2) is 46.1 Å². The van der Waals surface area contributed by atoms with Crippen molar-refractivity contribution in [3.8, 4) is 0 Å². The summed E-state index contributed by atoms with van der Waals surface area (Å²) >= 11 is 0. The van der Waals surface area contributed by atoms with Gasteiger partial charge >= 0.3 is 0 Å². The molecule has 0 aromatic carbocycles. The lowest BCUT2D eigenvalue weighted by molar-refractivity contribution is -0.131. The number of carbonyl (C=O) groups excluding carboxylic acids is 1. The standard InChI is InChI=1S/C36H67NO4/c1-3-5-7-9-11-13-15-17-18-19-21-22-24-26-28-30-34(39)33(32-38)37-36(41)35(40)31-29-27-25-23-20-16-14-12-10-8-6-4-2/h20,23,27-30,33-35,38-40H,3-19,21-22,24-26,31-32H2,1-2H3,(H,37,41)/b23-20-,29-27-,30-28+. The van der Waals surface area contributed by atoms with Gasteiger partial charge in [0.05, 0.1) is 18.8 Å². The van der Waals surface area contributed by atoms with E-state index in [1.54, 1.807) is 12.2 Å². The second kappa shape index (κ2) is 31.5. The van der Waals surface area contributed by atoms with Crippen LogP contribution in [0.5, 0.6) is 0 Å². The van der Waals surface area contributed by atoms with Crippen molar-refractivity contribution in [2.45, 2.75) is 180 Å². The molecular weight excluding hydrogens is 510 g/mol. The maximum Gasteiger partial charge on any atom is 0.249 e. The zero-order valence-corrected chi connectivity index (χ0v) is 26.9. The van der Waals surface area contributed by atoms with E-state index in [-0.39, 0.29) is 13.0 Å². The Hall–Kier alpha value is -1.43. The van der Waals surface area contributed by atoms with Crippen LogP contribution in [0, 0.1) is 0 Å². The number of hydrogen-bond acceptors (Lipinski definition) is 4. The lowest BCUT2D eigenvalue weighted by atomic mass is 10.0. The molecule has 5 nitrogen and oxygen atoms in total. The normalized spacial score (nSPS) is 14.4. The summed E-state index contributed by atoms with van der Waals surface area (Å²) in [5.41, 5.74) is 0. The second-order valence-corrected chi connectivity index (χ2v) is 11.7. The molecule has 3 unspecified atom stereocenters. The van der Waals surface area contributed by atoms with Crippen LogP contribution in [0.25, 0.3) is 0 Å². The maximum atomic E-state index is 12.3. The zero-order valence-electron chi connectivity index (χ0n) is 26.9. The van der Waals surface area contributed by atoms with Crippen LogP contribution in [0.3, 0.4) is 0 Å². The summed E-state index contributed by atoms with van der Waals surface area (Å²) in [7, 11) is 0. The molecule has 0 spiro atoms. The summed E-state index contributed by atoms with van der Waals surface area (Å²) in [6.45, 7) is 4.11. The Morgan fingerprint density at radius 1 is 0.610 bits per heavy atom. The highest BCUT2D eigenvalue weighted by molar-refractivity contribution is 5.81. The fourth-order valence-corrected chi connectivity index (χ4v) is 4.93. The summed E-state index contributed by atoms with van der Waals surface area (Å²) in [6, 6.07) is -0.825. The zero-order chi connectivity index (χ0) is 30.2. The number of rotatable bonds is 30. The summed E-state index contributed by atoms with van der Waals surface area (Å²) in [4.78, 5) is 12.3. The van der Waals surface area contributed by atoms with E-state index in [4.69, 9.17) is 0 Å². The van der Waals surface area contributed by atoms with Crippen molar-refractivity contribution in [2.24, 2.45) is 0 Å². The predicted octanol–water partition coefficient (Wildman–Crippen LogP) is 8.87. The second-order valence-electron chi connectivity index (χ2n) is 11.7. The highest BCUT2D eigenvalue weighted by Gasteiger charge is 2.22. The van der Waals surface area contributed by atoms with Crippen LogP contribution in [0.15, 0.2) is 36.5 Å². The van der Waals surface area contributed by atoms with Gasteiger partial charge in [-0.25, -0.2) is 0 Å². The Morgan fingerprint density at radius 2 is 1.05 bits per heavy atom. The summed E-state index contributed by atoms with van der Waals surface area (Å²) in [6.07, 6.45) is 37.4. The molecule has 0 fully saturated rings. The van der Waals surface area contributed by atoms with E-state index >= 15 is 0 Å². The third-order valence-corrected chi connectivity index (χ3v) is 7.74. The lowest BCUT2D eigenvalue weighted by Crippen LogP contribution is -2.48. The number of unbranched alkanes of at least 4 members (excludes halogenated alkanes) is 19. The van der Waals surface area contributed by atoms with Crippen LogP contribution in [0.4, 0.5) is 0 Å². The van der Waals surface area contributed by atoms with Gasteiger partial charge in [-0.15, -0.1) is 0 Å². The smallest absolute Gasteiger partial charge is 0.249 e. The molecule has 3 atom stereocenters. The lowest BCUT2D eigenvalue weighted by Gasteiger charge is -2.21. The van der Waals surface area contributed by atoms with E-state index in [0.717, 1.165) is 25.7 Å². The van der Waals surface area contributed by atoms with Gasteiger partial charge in [0.1, 0.15) is 6.10 Å². The number of hydrogen-bond donors (Lipinski definition) is 4. The van der Waals surface area contributed by atoms with Gasteiger partial charge in [0.25, 0.3) is 0 Å². The monoisotopic (exact) mass is 578 g/mol. The number of aliphatic hydroxyl groups is 3. The van der Waals surface area contributed by atoms with Crippen LogP contribution in [0.1, 0.15) is 162 Å². The van der Waals surface area contributed by atoms with Crippen LogP contribution in [-0.2, 0) is 4.79 Å². The first-order chi connectivity index (χ1) is 20.1. The molecule has 0 saturated carbocycles. The SMILES string of the molecule is CCCCCCCC/C=C\C/C=C\CC(O)C(=O)NC(CO)C(O)/C=C/CCCCCCCCCCCCCCC. The number of nitrogens with one attached hydrogen (secondary N) is 1. The predicted molar refractivity (Wildman–Crippen MR) is 176 cm³/mol. The number of carbonyl (C=O) groups is 1. The molecule has 0 aromatic rings. The van der Waals surface area contributed by atoms with Gasteiger partial charge in [-0.1, -0.05) is 159 Å². The molecule has 0 aliphatic rings. The molecule has 0 aliphatic heterocycles. The first kappa shape index (κ1) is 39.6. The van der Waals surface area contributed by atoms with Crippen molar-refractivity contribution < 1.29 is 20.1 Å². The highest BCUT2D eigenvalue weighted by atomic mass is 16.3. The fraction of sp³-hybridized carbons (Fsp3) is 0.806. The molecule has 41 heavy (non-hydrogen) atoms. The molecule has 4 N–H and O–H groups in total. The topological polar surface area (TPSA) is 89.8 Å².